The summed E-state index contributed by atoms with van der Waals surface area (Å²) in [6.07, 6.45) is 12.1. The van der Waals surface area contributed by atoms with E-state index in [4.69, 9.17) is 4.74 Å². The third kappa shape index (κ3) is 2.96. The van der Waals surface area contributed by atoms with Gasteiger partial charge in [-0.2, -0.15) is 0 Å². The molecule has 15 heavy (non-hydrogen) atoms. The van der Waals surface area contributed by atoms with Crippen LogP contribution in [0.15, 0.2) is 0 Å². The van der Waals surface area contributed by atoms with E-state index in [1.165, 1.54) is 51.4 Å². The Morgan fingerprint density at radius 2 is 1.27 bits per heavy atom. The van der Waals surface area contributed by atoms with Crippen LogP contribution in [0.4, 0.5) is 0 Å². The van der Waals surface area contributed by atoms with E-state index in [1.807, 2.05) is 0 Å². The van der Waals surface area contributed by atoms with Gasteiger partial charge in [-0.25, -0.2) is 0 Å². The smallest absolute Gasteiger partial charge is 0.0581 e. The minimum absolute atomic E-state index is 0.607. The van der Waals surface area contributed by atoms with Crippen molar-refractivity contribution in [2.75, 3.05) is 0 Å². The fourth-order valence-electron chi connectivity index (χ4n) is 3.32. The molecule has 4 atom stereocenters. The number of ether oxygens (including phenoxy) is 1. The van der Waals surface area contributed by atoms with Gasteiger partial charge in [-0.15, -0.1) is 0 Å². The predicted octanol–water partition coefficient (Wildman–Crippen LogP) is 4.16. The van der Waals surface area contributed by atoms with E-state index >= 15 is 0 Å². The van der Waals surface area contributed by atoms with Crippen molar-refractivity contribution in [1.29, 1.82) is 0 Å². The summed E-state index contributed by atoms with van der Waals surface area (Å²) < 4.78 is 6.24. The van der Waals surface area contributed by atoms with Crippen LogP contribution in [0.3, 0.4) is 0 Å². The highest BCUT2D eigenvalue weighted by Gasteiger charge is 2.30. The first-order valence-electron chi connectivity index (χ1n) is 6.97. The topological polar surface area (TPSA) is 9.23 Å². The highest BCUT2D eigenvalue weighted by Crippen LogP contribution is 2.35. The lowest BCUT2D eigenvalue weighted by atomic mass is 10.1. The van der Waals surface area contributed by atoms with Gasteiger partial charge in [-0.1, -0.05) is 26.7 Å². The second kappa shape index (κ2) is 5.34. The largest absolute Gasteiger partial charge is 0.375 e. The van der Waals surface area contributed by atoms with Crippen LogP contribution in [0, 0.1) is 11.8 Å². The first kappa shape index (κ1) is 11.4. The van der Waals surface area contributed by atoms with Crippen molar-refractivity contribution in [3.05, 3.63) is 0 Å². The number of hydrogen-bond donors (Lipinski definition) is 0. The maximum absolute atomic E-state index is 6.24. The van der Waals surface area contributed by atoms with Crippen molar-refractivity contribution in [3.8, 4) is 0 Å². The van der Waals surface area contributed by atoms with Crippen LogP contribution >= 0.6 is 0 Å². The van der Waals surface area contributed by atoms with E-state index in [0.717, 1.165) is 11.8 Å². The molecule has 2 saturated carbocycles. The molecular weight excluding hydrogens is 184 g/mol. The molecule has 1 heteroatoms. The average Bonchev–Trinajstić information content (AvgIpc) is 2.87. The molecule has 4 unspecified atom stereocenters. The molecule has 0 saturated heterocycles. The van der Waals surface area contributed by atoms with Gasteiger partial charge in [-0.3, -0.25) is 0 Å². The molecule has 0 spiro atoms. The summed E-state index contributed by atoms with van der Waals surface area (Å²) in [6.45, 7) is 4.63. The van der Waals surface area contributed by atoms with Crippen LogP contribution in [0.5, 0.6) is 0 Å². The molecule has 1 nitrogen and oxygen atoms in total. The molecule has 0 amide bonds. The molecular formula is C14H26O. The number of rotatable bonds is 4. The monoisotopic (exact) mass is 210 g/mol. The van der Waals surface area contributed by atoms with E-state index in [2.05, 4.69) is 13.8 Å². The van der Waals surface area contributed by atoms with Gasteiger partial charge in [0.1, 0.15) is 0 Å². The Kier molecular flexibility index (Phi) is 4.07. The molecule has 2 aliphatic rings. The van der Waals surface area contributed by atoms with E-state index in [-0.39, 0.29) is 0 Å². The summed E-state index contributed by atoms with van der Waals surface area (Å²) in [4.78, 5) is 0. The molecule has 0 aromatic carbocycles. The first-order valence-corrected chi connectivity index (χ1v) is 6.97. The lowest BCUT2D eigenvalue weighted by molar-refractivity contribution is -0.00775. The number of hydrogen-bond acceptors (Lipinski definition) is 1. The Morgan fingerprint density at radius 1 is 0.800 bits per heavy atom. The molecule has 0 radical (unpaired) electrons. The molecule has 2 rings (SSSR count). The zero-order valence-corrected chi connectivity index (χ0v) is 10.4. The first-order chi connectivity index (χ1) is 7.31. The summed E-state index contributed by atoms with van der Waals surface area (Å²) in [5.41, 5.74) is 0. The van der Waals surface area contributed by atoms with Crippen LogP contribution < -0.4 is 0 Å². The van der Waals surface area contributed by atoms with Crippen molar-refractivity contribution in [1.82, 2.24) is 0 Å². The van der Waals surface area contributed by atoms with Crippen LogP contribution in [-0.4, -0.2) is 12.2 Å². The van der Waals surface area contributed by atoms with Crippen molar-refractivity contribution in [2.45, 2.75) is 77.4 Å². The van der Waals surface area contributed by atoms with Crippen LogP contribution in [0.1, 0.15) is 65.2 Å². The fraction of sp³-hybridized carbons (Fsp3) is 1.00. The Morgan fingerprint density at radius 3 is 1.60 bits per heavy atom. The highest BCUT2D eigenvalue weighted by atomic mass is 16.5. The second-order valence-corrected chi connectivity index (χ2v) is 5.55. The standard InChI is InChI=1S/C14H26O/c1-3-11-5-7-13(9-11)15-14-8-6-12(4-2)10-14/h11-14H,3-10H2,1-2H3. The second-order valence-electron chi connectivity index (χ2n) is 5.55. The summed E-state index contributed by atoms with van der Waals surface area (Å²) in [5.74, 6) is 1.91. The molecule has 2 fully saturated rings. The maximum atomic E-state index is 6.24. The Labute approximate surface area is 94.6 Å². The minimum atomic E-state index is 0.607. The average molecular weight is 210 g/mol. The maximum Gasteiger partial charge on any atom is 0.0581 e. The fourth-order valence-corrected chi connectivity index (χ4v) is 3.32. The predicted molar refractivity (Wildman–Crippen MR) is 63.9 cm³/mol. The van der Waals surface area contributed by atoms with Gasteiger partial charge in [0.05, 0.1) is 12.2 Å². The van der Waals surface area contributed by atoms with Crippen LogP contribution in [0.25, 0.3) is 0 Å². The van der Waals surface area contributed by atoms with E-state index < -0.39 is 0 Å². The molecule has 0 bridgehead atoms. The molecule has 2 aliphatic carbocycles. The lowest BCUT2D eigenvalue weighted by Gasteiger charge is -2.18. The van der Waals surface area contributed by atoms with Gasteiger partial charge in [0.15, 0.2) is 0 Å². The molecule has 0 N–H and O–H groups in total. The van der Waals surface area contributed by atoms with Gasteiger partial charge < -0.3 is 4.74 Å². The SMILES string of the molecule is CCC1CCC(OC2CCC(CC)C2)C1. The third-order valence-corrected chi connectivity index (χ3v) is 4.53. The van der Waals surface area contributed by atoms with Crippen molar-refractivity contribution in [2.24, 2.45) is 11.8 Å². The van der Waals surface area contributed by atoms with E-state index in [1.54, 1.807) is 0 Å². The van der Waals surface area contributed by atoms with Crippen LogP contribution in [-0.2, 0) is 4.74 Å². The van der Waals surface area contributed by atoms with Crippen molar-refractivity contribution >= 4 is 0 Å². The molecule has 0 aliphatic heterocycles. The summed E-state index contributed by atoms with van der Waals surface area (Å²) in [6, 6.07) is 0. The van der Waals surface area contributed by atoms with E-state index in [9.17, 15) is 0 Å². The Bertz CT molecular complexity index is 170. The quantitative estimate of drug-likeness (QED) is 0.677. The van der Waals surface area contributed by atoms with E-state index in [0.29, 0.717) is 12.2 Å². The molecule has 88 valence electrons. The summed E-state index contributed by atoms with van der Waals surface area (Å²) >= 11 is 0. The minimum Gasteiger partial charge on any atom is -0.375 e. The Balaban J connectivity index is 1.70. The lowest BCUT2D eigenvalue weighted by Crippen LogP contribution is -2.17. The normalized spacial score (nSPS) is 41.2. The summed E-state index contributed by atoms with van der Waals surface area (Å²) in [5, 5.41) is 0. The van der Waals surface area contributed by atoms with Crippen molar-refractivity contribution < 1.29 is 4.74 Å². The van der Waals surface area contributed by atoms with Gasteiger partial charge in [0.25, 0.3) is 0 Å². The zero-order valence-electron chi connectivity index (χ0n) is 10.4. The van der Waals surface area contributed by atoms with Crippen molar-refractivity contribution in [3.63, 3.8) is 0 Å². The zero-order chi connectivity index (χ0) is 10.7. The van der Waals surface area contributed by atoms with Gasteiger partial charge in [0.2, 0.25) is 0 Å². The van der Waals surface area contributed by atoms with Gasteiger partial charge in [0, 0.05) is 0 Å². The molecule has 0 aromatic heterocycles. The Hall–Kier alpha value is -0.0400. The summed E-state index contributed by atoms with van der Waals surface area (Å²) in [7, 11) is 0. The molecule has 0 heterocycles. The highest BCUT2D eigenvalue weighted by molar-refractivity contribution is 4.80. The third-order valence-electron chi connectivity index (χ3n) is 4.53. The van der Waals surface area contributed by atoms with Gasteiger partial charge in [-0.05, 0) is 50.4 Å². The van der Waals surface area contributed by atoms with Gasteiger partial charge >= 0.3 is 0 Å². The molecule has 0 aromatic rings. The van der Waals surface area contributed by atoms with Crippen LogP contribution in [0.2, 0.25) is 0 Å².